The van der Waals surface area contributed by atoms with Crippen molar-refractivity contribution in [2.24, 2.45) is 0 Å². The second-order valence-electron chi connectivity index (χ2n) is 5.56. The van der Waals surface area contributed by atoms with E-state index in [0.29, 0.717) is 5.56 Å². The molecule has 0 bridgehead atoms. The van der Waals surface area contributed by atoms with E-state index in [4.69, 9.17) is 0 Å². The molecular formula is C14H15F2N5O2S. The van der Waals surface area contributed by atoms with E-state index in [1.54, 1.807) is 16.8 Å². The largest absolute Gasteiger partial charge is 0.354 e. The predicted octanol–water partition coefficient (Wildman–Crippen LogP) is 1.25. The zero-order chi connectivity index (χ0) is 17.3. The highest BCUT2D eigenvalue weighted by Crippen LogP contribution is 2.34. The number of amides is 2. The van der Waals surface area contributed by atoms with Crippen LogP contribution in [0.15, 0.2) is 23.0 Å². The molecular weight excluding hydrogens is 340 g/mol. The predicted molar refractivity (Wildman–Crippen MR) is 82.1 cm³/mol. The number of hydrogen-bond acceptors (Lipinski definition) is 5. The molecule has 0 aromatic carbocycles. The molecule has 1 saturated heterocycles. The van der Waals surface area contributed by atoms with Crippen LogP contribution in [0.1, 0.15) is 27.3 Å². The van der Waals surface area contributed by atoms with Gasteiger partial charge in [0.05, 0.1) is 30.9 Å². The van der Waals surface area contributed by atoms with Gasteiger partial charge in [-0.2, -0.15) is 11.3 Å². The number of carbonyl (C=O) groups is 2. The van der Waals surface area contributed by atoms with Crippen LogP contribution in [-0.2, 0) is 6.54 Å². The summed E-state index contributed by atoms with van der Waals surface area (Å²) in [6.45, 7) is -0.571. The van der Waals surface area contributed by atoms with Crippen LogP contribution in [0.2, 0.25) is 0 Å². The van der Waals surface area contributed by atoms with Crippen LogP contribution in [0.3, 0.4) is 0 Å². The van der Waals surface area contributed by atoms with Crippen molar-refractivity contribution in [1.82, 2.24) is 25.2 Å². The summed E-state index contributed by atoms with van der Waals surface area (Å²) < 4.78 is 29.0. The summed E-state index contributed by atoms with van der Waals surface area (Å²) in [7, 11) is 1.46. The standard InChI is InChI=1S/C14H15F2N5O2S/c1-17-12(22)11-6-20(19-18-11)5-10-4-14(15,16)8-21(10)13(23)9-2-3-24-7-9/h2-3,6-7,10H,4-5,8H2,1H3,(H,17,22)/t10-/m0/s1. The number of rotatable bonds is 4. The van der Waals surface area contributed by atoms with Gasteiger partial charge in [-0.05, 0) is 11.4 Å². The van der Waals surface area contributed by atoms with E-state index >= 15 is 0 Å². The maximum atomic E-state index is 13.8. The van der Waals surface area contributed by atoms with Gasteiger partial charge in [0.2, 0.25) is 0 Å². The molecule has 1 aliphatic heterocycles. The SMILES string of the molecule is CNC(=O)c1cn(C[C@@H]2CC(F)(F)CN2C(=O)c2ccsc2)nn1. The highest BCUT2D eigenvalue weighted by atomic mass is 32.1. The van der Waals surface area contributed by atoms with Crippen molar-refractivity contribution in [2.75, 3.05) is 13.6 Å². The number of carbonyl (C=O) groups excluding carboxylic acids is 2. The number of likely N-dealkylation sites (tertiary alicyclic amines) is 1. The number of aromatic nitrogens is 3. The molecule has 2 aromatic rings. The summed E-state index contributed by atoms with van der Waals surface area (Å²) in [4.78, 5) is 25.1. The van der Waals surface area contributed by atoms with Crippen molar-refractivity contribution < 1.29 is 18.4 Å². The van der Waals surface area contributed by atoms with Gasteiger partial charge >= 0.3 is 0 Å². The fourth-order valence-corrected chi connectivity index (χ4v) is 3.32. The number of alkyl halides is 2. The molecule has 0 saturated carbocycles. The summed E-state index contributed by atoms with van der Waals surface area (Å²) in [5, 5.41) is 13.2. The van der Waals surface area contributed by atoms with Gasteiger partial charge in [-0.3, -0.25) is 9.59 Å². The van der Waals surface area contributed by atoms with Gasteiger partial charge in [0.1, 0.15) is 0 Å². The molecule has 3 heterocycles. The van der Waals surface area contributed by atoms with Gasteiger partial charge in [0.25, 0.3) is 17.7 Å². The molecule has 1 aliphatic rings. The Hall–Kier alpha value is -2.36. The van der Waals surface area contributed by atoms with Crippen molar-refractivity contribution in [3.63, 3.8) is 0 Å². The molecule has 128 valence electrons. The van der Waals surface area contributed by atoms with E-state index in [-0.39, 0.29) is 12.2 Å². The van der Waals surface area contributed by atoms with Crippen LogP contribution < -0.4 is 5.32 Å². The Labute approximate surface area is 140 Å². The monoisotopic (exact) mass is 355 g/mol. The zero-order valence-corrected chi connectivity index (χ0v) is 13.6. The second kappa shape index (κ2) is 6.27. The quantitative estimate of drug-likeness (QED) is 0.895. The molecule has 7 nitrogen and oxygen atoms in total. The lowest BCUT2D eigenvalue weighted by molar-refractivity contribution is 0.0117. The highest BCUT2D eigenvalue weighted by Gasteiger charge is 2.47. The van der Waals surface area contributed by atoms with Gasteiger partial charge in [0, 0.05) is 18.8 Å². The van der Waals surface area contributed by atoms with Gasteiger partial charge < -0.3 is 10.2 Å². The van der Waals surface area contributed by atoms with Crippen LogP contribution in [0, 0.1) is 0 Å². The molecule has 2 amide bonds. The van der Waals surface area contributed by atoms with Crippen LogP contribution in [0.4, 0.5) is 8.78 Å². The van der Waals surface area contributed by atoms with Crippen LogP contribution >= 0.6 is 11.3 Å². The molecule has 0 spiro atoms. The average Bonchev–Trinajstić information content (AvgIpc) is 3.26. The lowest BCUT2D eigenvalue weighted by atomic mass is 10.2. The molecule has 2 aromatic heterocycles. The van der Waals surface area contributed by atoms with Gasteiger partial charge in [-0.15, -0.1) is 5.10 Å². The molecule has 0 aliphatic carbocycles. The van der Waals surface area contributed by atoms with Crippen LogP contribution in [-0.4, -0.2) is 57.3 Å². The Morgan fingerprint density at radius 3 is 2.96 bits per heavy atom. The third kappa shape index (κ3) is 3.28. The zero-order valence-electron chi connectivity index (χ0n) is 12.8. The molecule has 24 heavy (non-hydrogen) atoms. The molecule has 1 fully saturated rings. The van der Waals surface area contributed by atoms with Crippen molar-refractivity contribution >= 4 is 23.2 Å². The number of hydrogen-bond donors (Lipinski definition) is 1. The minimum Gasteiger partial charge on any atom is -0.354 e. The minimum atomic E-state index is -2.94. The molecule has 0 unspecified atom stereocenters. The first-order chi connectivity index (χ1) is 11.4. The Bertz CT molecular complexity index is 746. The molecule has 1 atom stereocenters. The van der Waals surface area contributed by atoms with E-state index in [9.17, 15) is 18.4 Å². The maximum absolute atomic E-state index is 13.8. The van der Waals surface area contributed by atoms with Gasteiger partial charge in [0.15, 0.2) is 5.69 Å². The van der Waals surface area contributed by atoms with Crippen molar-refractivity contribution in [2.45, 2.75) is 24.9 Å². The van der Waals surface area contributed by atoms with Crippen LogP contribution in [0.5, 0.6) is 0 Å². The molecule has 0 radical (unpaired) electrons. The lowest BCUT2D eigenvalue weighted by Crippen LogP contribution is -2.38. The number of nitrogens with zero attached hydrogens (tertiary/aromatic N) is 4. The molecule has 3 rings (SSSR count). The summed E-state index contributed by atoms with van der Waals surface area (Å²) >= 11 is 1.33. The van der Waals surface area contributed by atoms with E-state index in [1.165, 1.54) is 34.2 Å². The number of halogens is 2. The topological polar surface area (TPSA) is 80.1 Å². The number of thiophene rings is 1. The molecule has 10 heteroatoms. The normalized spacial score (nSPS) is 19.5. The molecule has 1 N–H and O–H groups in total. The van der Waals surface area contributed by atoms with E-state index in [1.807, 2.05) is 0 Å². The minimum absolute atomic E-state index is 0.0511. The lowest BCUT2D eigenvalue weighted by Gasteiger charge is -2.23. The van der Waals surface area contributed by atoms with Gasteiger partial charge in [-0.25, -0.2) is 13.5 Å². The summed E-state index contributed by atoms with van der Waals surface area (Å²) in [6, 6.07) is 0.895. The van der Waals surface area contributed by atoms with Crippen LogP contribution in [0.25, 0.3) is 0 Å². The Morgan fingerprint density at radius 2 is 2.29 bits per heavy atom. The maximum Gasteiger partial charge on any atom is 0.273 e. The fraction of sp³-hybridized carbons (Fsp3) is 0.429. The number of nitrogens with one attached hydrogen (secondary N) is 1. The van der Waals surface area contributed by atoms with Crippen molar-refractivity contribution in [3.8, 4) is 0 Å². The Kier molecular flexibility index (Phi) is 4.31. The summed E-state index contributed by atoms with van der Waals surface area (Å²) in [5.41, 5.74) is 0.491. The first-order valence-electron chi connectivity index (χ1n) is 7.23. The van der Waals surface area contributed by atoms with E-state index in [0.717, 1.165) is 0 Å². The Morgan fingerprint density at radius 1 is 1.50 bits per heavy atom. The van der Waals surface area contributed by atoms with Gasteiger partial charge in [-0.1, -0.05) is 5.21 Å². The summed E-state index contributed by atoms with van der Waals surface area (Å²) in [6.07, 6.45) is 0.931. The third-order valence-corrected chi connectivity index (χ3v) is 4.49. The van der Waals surface area contributed by atoms with Crippen molar-refractivity contribution in [3.05, 3.63) is 34.3 Å². The van der Waals surface area contributed by atoms with E-state index < -0.39 is 36.7 Å². The highest BCUT2D eigenvalue weighted by molar-refractivity contribution is 7.08. The second-order valence-corrected chi connectivity index (χ2v) is 6.34. The smallest absolute Gasteiger partial charge is 0.273 e. The van der Waals surface area contributed by atoms with Crippen molar-refractivity contribution in [1.29, 1.82) is 0 Å². The fourth-order valence-electron chi connectivity index (χ4n) is 2.69. The first-order valence-corrected chi connectivity index (χ1v) is 8.17. The first kappa shape index (κ1) is 16.5. The van der Waals surface area contributed by atoms with E-state index in [2.05, 4.69) is 15.6 Å². The third-order valence-electron chi connectivity index (χ3n) is 3.80. The summed E-state index contributed by atoms with van der Waals surface area (Å²) in [5.74, 6) is -3.78. The average molecular weight is 355 g/mol. The Balaban J connectivity index is 1.78.